The number of carbonyl (C=O) groups is 1. The van der Waals surface area contributed by atoms with E-state index in [1.807, 2.05) is 24.3 Å². The van der Waals surface area contributed by atoms with Crippen LogP contribution in [-0.2, 0) is 6.54 Å². The van der Waals surface area contributed by atoms with Crippen LogP contribution in [0, 0.1) is 5.82 Å². The zero-order chi connectivity index (χ0) is 13.8. The van der Waals surface area contributed by atoms with Gasteiger partial charge < -0.3 is 5.32 Å². The first kappa shape index (κ1) is 14.0. The van der Waals surface area contributed by atoms with Crippen molar-refractivity contribution >= 4 is 33.4 Å². The van der Waals surface area contributed by atoms with Gasteiger partial charge in [-0.15, -0.1) is 0 Å². The molecule has 2 aromatic carbocycles. The van der Waals surface area contributed by atoms with Crippen LogP contribution in [0.2, 0.25) is 5.02 Å². The zero-order valence-corrected chi connectivity index (χ0v) is 12.1. The van der Waals surface area contributed by atoms with Crippen LogP contribution >= 0.6 is 27.5 Å². The lowest BCUT2D eigenvalue weighted by atomic mass is 10.2. The van der Waals surface area contributed by atoms with Gasteiger partial charge >= 0.3 is 0 Å². The Morgan fingerprint density at radius 1 is 1.21 bits per heavy atom. The second-order valence-electron chi connectivity index (χ2n) is 3.88. The smallest absolute Gasteiger partial charge is 0.254 e. The van der Waals surface area contributed by atoms with E-state index in [4.69, 9.17) is 11.6 Å². The molecule has 1 amide bonds. The zero-order valence-electron chi connectivity index (χ0n) is 9.79. The second kappa shape index (κ2) is 6.17. The Balaban J connectivity index is 2.10. The second-order valence-corrected chi connectivity index (χ2v) is 5.14. The van der Waals surface area contributed by atoms with E-state index in [1.165, 1.54) is 12.1 Å². The summed E-state index contributed by atoms with van der Waals surface area (Å²) in [6.45, 7) is 0.312. The Bertz CT molecular complexity index is 618. The Labute approximate surface area is 123 Å². The van der Waals surface area contributed by atoms with Crippen LogP contribution in [0.25, 0.3) is 0 Å². The van der Waals surface area contributed by atoms with Crippen LogP contribution in [0.4, 0.5) is 4.39 Å². The predicted octanol–water partition coefficient (Wildman–Crippen LogP) is 4.17. The summed E-state index contributed by atoms with van der Waals surface area (Å²) in [6.07, 6.45) is 0. The largest absolute Gasteiger partial charge is 0.348 e. The summed E-state index contributed by atoms with van der Waals surface area (Å²) in [5, 5.41) is 2.60. The van der Waals surface area contributed by atoms with Crippen LogP contribution in [0.1, 0.15) is 15.9 Å². The van der Waals surface area contributed by atoms with Gasteiger partial charge in [-0.05, 0) is 23.8 Å². The maximum absolute atomic E-state index is 13.7. The topological polar surface area (TPSA) is 29.1 Å². The summed E-state index contributed by atoms with van der Waals surface area (Å²) in [5.74, 6) is -1.19. The van der Waals surface area contributed by atoms with E-state index < -0.39 is 11.7 Å². The molecule has 0 aromatic heterocycles. The highest BCUT2D eigenvalue weighted by Crippen LogP contribution is 2.19. The molecule has 19 heavy (non-hydrogen) atoms. The molecule has 0 atom stereocenters. The summed E-state index contributed by atoms with van der Waals surface area (Å²) in [4.78, 5) is 11.9. The predicted molar refractivity (Wildman–Crippen MR) is 76.7 cm³/mol. The minimum atomic E-state index is -0.700. The third-order valence-corrected chi connectivity index (χ3v) is 3.66. The summed E-state index contributed by atoms with van der Waals surface area (Å²) >= 11 is 9.02. The first-order valence-corrected chi connectivity index (χ1v) is 6.72. The van der Waals surface area contributed by atoms with Gasteiger partial charge in [0.15, 0.2) is 5.82 Å². The van der Waals surface area contributed by atoms with Gasteiger partial charge in [-0.25, -0.2) is 4.39 Å². The summed E-state index contributed by atoms with van der Waals surface area (Å²) in [5.41, 5.74) is 0.859. The molecule has 2 nitrogen and oxygen atoms in total. The highest BCUT2D eigenvalue weighted by molar-refractivity contribution is 9.10. The number of carbonyl (C=O) groups excluding carboxylic acids is 1. The van der Waals surface area contributed by atoms with Gasteiger partial charge in [0.05, 0.1) is 10.6 Å². The van der Waals surface area contributed by atoms with Gasteiger partial charge in [-0.1, -0.05) is 51.8 Å². The summed E-state index contributed by atoms with van der Waals surface area (Å²) < 4.78 is 14.5. The SMILES string of the molecule is O=C(NCc1ccccc1Br)c1cccc(Cl)c1F. The van der Waals surface area contributed by atoms with E-state index in [0.29, 0.717) is 6.54 Å². The average molecular weight is 343 g/mol. The lowest BCUT2D eigenvalue weighted by Gasteiger charge is -2.08. The van der Waals surface area contributed by atoms with Crippen LogP contribution in [-0.4, -0.2) is 5.91 Å². The van der Waals surface area contributed by atoms with Crippen molar-refractivity contribution in [1.82, 2.24) is 5.32 Å². The minimum Gasteiger partial charge on any atom is -0.348 e. The Morgan fingerprint density at radius 3 is 2.68 bits per heavy atom. The van der Waals surface area contributed by atoms with Gasteiger partial charge in [0.2, 0.25) is 0 Å². The van der Waals surface area contributed by atoms with Crippen molar-refractivity contribution in [2.75, 3.05) is 0 Å². The Hall–Kier alpha value is -1.39. The number of hydrogen-bond donors (Lipinski definition) is 1. The molecule has 0 fully saturated rings. The highest BCUT2D eigenvalue weighted by atomic mass is 79.9. The minimum absolute atomic E-state index is 0.0560. The molecule has 5 heteroatoms. The van der Waals surface area contributed by atoms with E-state index in [2.05, 4.69) is 21.2 Å². The van der Waals surface area contributed by atoms with E-state index in [1.54, 1.807) is 6.07 Å². The standard InChI is InChI=1S/C14H10BrClFNO/c15-11-6-2-1-4-9(11)8-18-14(19)10-5-3-7-12(16)13(10)17/h1-7H,8H2,(H,18,19). The van der Waals surface area contributed by atoms with Crippen molar-refractivity contribution in [3.05, 3.63) is 68.9 Å². The molecule has 0 bridgehead atoms. The maximum Gasteiger partial charge on any atom is 0.254 e. The molecule has 1 N–H and O–H groups in total. The first-order valence-electron chi connectivity index (χ1n) is 5.55. The third kappa shape index (κ3) is 3.33. The molecular weight excluding hydrogens is 333 g/mol. The fourth-order valence-corrected chi connectivity index (χ4v) is 2.19. The van der Waals surface area contributed by atoms with Crippen molar-refractivity contribution in [1.29, 1.82) is 0 Å². The van der Waals surface area contributed by atoms with Crippen LogP contribution in [0.5, 0.6) is 0 Å². The first-order chi connectivity index (χ1) is 9.09. The number of hydrogen-bond acceptors (Lipinski definition) is 1. The molecule has 0 aliphatic carbocycles. The fourth-order valence-electron chi connectivity index (χ4n) is 1.59. The van der Waals surface area contributed by atoms with E-state index >= 15 is 0 Å². The van der Waals surface area contributed by atoms with Crippen molar-refractivity contribution in [3.63, 3.8) is 0 Å². The molecule has 0 heterocycles. The molecule has 0 radical (unpaired) electrons. The molecule has 98 valence electrons. The van der Waals surface area contributed by atoms with Crippen molar-refractivity contribution in [2.45, 2.75) is 6.54 Å². The highest BCUT2D eigenvalue weighted by Gasteiger charge is 2.13. The van der Waals surface area contributed by atoms with Gasteiger partial charge in [-0.2, -0.15) is 0 Å². The molecule has 2 rings (SSSR count). The summed E-state index contributed by atoms with van der Waals surface area (Å²) in [7, 11) is 0. The fraction of sp³-hybridized carbons (Fsp3) is 0.0714. The van der Waals surface area contributed by atoms with Crippen molar-refractivity contribution in [2.24, 2.45) is 0 Å². The van der Waals surface area contributed by atoms with Crippen LogP contribution in [0.15, 0.2) is 46.9 Å². The normalized spacial score (nSPS) is 10.3. The molecule has 2 aromatic rings. The lowest BCUT2D eigenvalue weighted by molar-refractivity contribution is 0.0947. The molecule has 0 saturated carbocycles. The number of halogens is 3. The summed E-state index contributed by atoms with van der Waals surface area (Å²) in [6, 6.07) is 11.8. The number of benzene rings is 2. The number of amides is 1. The van der Waals surface area contributed by atoms with Crippen LogP contribution in [0.3, 0.4) is 0 Å². The van der Waals surface area contributed by atoms with Gasteiger partial charge in [0, 0.05) is 11.0 Å². The molecule has 0 spiro atoms. The number of rotatable bonds is 3. The Kier molecular flexibility index (Phi) is 4.56. The average Bonchev–Trinajstić information content (AvgIpc) is 2.40. The van der Waals surface area contributed by atoms with Crippen molar-refractivity contribution in [3.8, 4) is 0 Å². The Morgan fingerprint density at radius 2 is 1.95 bits per heavy atom. The van der Waals surface area contributed by atoms with Gasteiger partial charge in [0.25, 0.3) is 5.91 Å². The van der Waals surface area contributed by atoms with E-state index in [9.17, 15) is 9.18 Å². The quantitative estimate of drug-likeness (QED) is 0.891. The lowest BCUT2D eigenvalue weighted by Crippen LogP contribution is -2.24. The molecule has 0 aliphatic rings. The molecule has 0 aliphatic heterocycles. The van der Waals surface area contributed by atoms with Gasteiger partial charge in [0.1, 0.15) is 0 Å². The maximum atomic E-state index is 13.7. The number of nitrogens with one attached hydrogen (secondary N) is 1. The molecular formula is C14H10BrClFNO. The van der Waals surface area contributed by atoms with E-state index in [-0.39, 0.29) is 10.6 Å². The monoisotopic (exact) mass is 341 g/mol. The van der Waals surface area contributed by atoms with Gasteiger partial charge in [-0.3, -0.25) is 4.79 Å². The molecule has 0 unspecified atom stereocenters. The van der Waals surface area contributed by atoms with Crippen LogP contribution < -0.4 is 5.32 Å². The van der Waals surface area contributed by atoms with Crippen molar-refractivity contribution < 1.29 is 9.18 Å². The van der Waals surface area contributed by atoms with E-state index in [0.717, 1.165) is 10.0 Å². The third-order valence-electron chi connectivity index (χ3n) is 2.59. The molecule has 0 saturated heterocycles.